The molecule has 1 saturated carbocycles. The zero-order valence-electron chi connectivity index (χ0n) is 17.5. The molecule has 1 aromatic rings. The minimum Gasteiger partial charge on any atom is -0.355 e. The summed E-state index contributed by atoms with van der Waals surface area (Å²) < 4.78 is 28.7. The summed E-state index contributed by atoms with van der Waals surface area (Å²) in [4.78, 5) is 40.3. The molecule has 1 spiro atoms. The number of piperidine rings is 1. The summed E-state index contributed by atoms with van der Waals surface area (Å²) in [5.74, 6) is -0.996. The molecule has 5 rings (SSSR count). The number of carbonyl (C=O) groups is 3. The molecule has 0 aromatic heterocycles. The molecular formula is C21H25N5O5S. The average Bonchev–Trinajstić information content (AvgIpc) is 3.20. The Morgan fingerprint density at radius 3 is 2.66 bits per heavy atom. The number of imide groups is 1. The predicted molar refractivity (Wildman–Crippen MR) is 114 cm³/mol. The summed E-state index contributed by atoms with van der Waals surface area (Å²) in [5.41, 5.74) is 2.14. The van der Waals surface area contributed by atoms with Crippen molar-refractivity contribution in [3.05, 3.63) is 29.8 Å². The first kappa shape index (κ1) is 20.9. The van der Waals surface area contributed by atoms with Crippen molar-refractivity contribution in [3.8, 4) is 0 Å². The van der Waals surface area contributed by atoms with Gasteiger partial charge < -0.3 is 10.2 Å². The van der Waals surface area contributed by atoms with E-state index < -0.39 is 39.3 Å². The van der Waals surface area contributed by atoms with Crippen molar-refractivity contribution in [2.75, 3.05) is 13.1 Å². The maximum Gasteiger partial charge on any atom is 0.344 e. The molecule has 4 amide bonds. The van der Waals surface area contributed by atoms with Gasteiger partial charge in [0, 0.05) is 18.7 Å². The van der Waals surface area contributed by atoms with Gasteiger partial charge in [-0.1, -0.05) is 31.4 Å². The van der Waals surface area contributed by atoms with Gasteiger partial charge in [0.2, 0.25) is 5.91 Å². The molecule has 2 saturated heterocycles. The monoisotopic (exact) mass is 459 g/mol. The summed E-state index contributed by atoms with van der Waals surface area (Å²) in [6, 6.07) is 6.03. The Balaban J connectivity index is 1.30. The maximum atomic E-state index is 13.0. The number of hydrazine groups is 1. The number of hydrogen-bond acceptors (Lipinski definition) is 6. The number of hydrogen-bond donors (Lipinski definition) is 2. The van der Waals surface area contributed by atoms with Crippen LogP contribution < -0.4 is 10.7 Å². The van der Waals surface area contributed by atoms with Gasteiger partial charge in [0.25, 0.3) is 15.9 Å². The first-order valence-electron chi connectivity index (χ1n) is 11.0. The number of rotatable bonds is 2. The van der Waals surface area contributed by atoms with E-state index >= 15 is 0 Å². The lowest BCUT2D eigenvalue weighted by Gasteiger charge is -2.34. The molecule has 1 aromatic carbocycles. The minimum absolute atomic E-state index is 0.165. The topological polar surface area (TPSA) is 128 Å². The SMILES string of the molecule is O=C(NN1C(=O)NC2(CCCCC2)C1=O)C1CCCN(C2=NS(=O)(=O)c3ccccc32)C1. The highest BCUT2D eigenvalue weighted by Crippen LogP contribution is 2.33. The third kappa shape index (κ3) is 3.35. The standard InChI is InChI=1S/C21H25N5O5S/c27-18(23-26-19(28)21(22-20(26)29)10-4-1-5-11-21)14-7-6-12-25(13-14)17-15-8-2-3-9-16(15)32(30,31)24-17/h2-3,8-9,14H,1,4-7,10-13H2,(H,22,29)(H,23,27). The zero-order valence-corrected chi connectivity index (χ0v) is 18.4. The molecule has 1 aliphatic carbocycles. The van der Waals surface area contributed by atoms with Gasteiger partial charge in [-0.2, -0.15) is 13.4 Å². The fourth-order valence-electron chi connectivity index (χ4n) is 5.12. The number of nitrogens with zero attached hydrogens (tertiary/aromatic N) is 3. The van der Waals surface area contributed by atoms with Crippen molar-refractivity contribution in [1.29, 1.82) is 0 Å². The highest BCUT2D eigenvalue weighted by Gasteiger charge is 2.52. The van der Waals surface area contributed by atoms with Gasteiger partial charge in [-0.3, -0.25) is 15.0 Å². The molecule has 1 atom stereocenters. The molecule has 2 N–H and O–H groups in total. The van der Waals surface area contributed by atoms with Crippen LogP contribution in [0.5, 0.6) is 0 Å². The number of carbonyl (C=O) groups excluding carboxylic acids is 3. The van der Waals surface area contributed by atoms with Crippen molar-refractivity contribution in [2.24, 2.45) is 10.3 Å². The normalized spacial score (nSPS) is 26.0. The molecule has 4 aliphatic rings. The number of amidine groups is 1. The quantitative estimate of drug-likeness (QED) is 0.638. The number of amides is 4. The lowest BCUT2D eigenvalue weighted by Crippen LogP contribution is -2.53. The second-order valence-corrected chi connectivity index (χ2v) is 10.4. The number of fused-ring (bicyclic) bond motifs is 1. The molecule has 11 heteroatoms. The van der Waals surface area contributed by atoms with Gasteiger partial charge in [0.15, 0.2) is 5.84 Å². The molecule has 170 valence electrons. The smallest absolute Gasteiger partial charge is 0.344 e. The highest BCUT2D eigenvalue weighted by atomic mass is 32.2. The number of sulfonamides is 1. The van der Waals surface area contributed by atoms with Gasteiger partial charge >= 0.3 is 6.03 Å². The van der Waals surface area contributed by atoms with Crippen LogP contribution in [-0.2, 0) is 19.6 Å². The van der Waals surface area contributed by atoms with Crippen LogP contribution in [0.1, 0.15) is 50.5 Å². The largest absolute Gasteiger partial charge is 0.355 e. The Kier molecular flexibility index (Phi) is 4.95. The Hall–Kier alpha value is -2.95. The lowest BCUT2D eigenvalue weighted by molar-refractivity contribution is -0.141. The van der Waals surface area contributed by atoms with E-state index in [1.807, 2.05) is 0 Å². The van der Waals surface area contributed by atoms with Crippen LogP contribution in [-0.4, -0.2) is 60.6 Å². The summed E-state index contributed by atoms with van der Waals surface area (Å²) in [5, 5.41) is 3.60. The zero-order chi connectivity index (χ0) is 22.5. The van der Waals surface area contributed by atoms with E-state index in [0.29, 0.717) is 43.6 Å². The molecular weight excluding hydrogens is 434 g/mol. The van der Waals surface area contributed by atoms with Gasteiger partial charge in [-0.25, -0.2) is 4.79 Å². The Morgan fingerprint density at radius 1 is 1.12 bits per heavy atom. The first-order chi connectivity index (χ1) is 15.3. The van der Waals surface area contributed by atoms with E-state index in [4.69, 9.17) is 0 Å². The molecule has 32 heavy (non-hydrogen) atoms. The van der Waals surface area contributed by atoms with Crippen molar-refractivity contribution in [2.45, 2.75) is 55.4 Å². The second kappa shape index (κ2) is 7.58. The lowest BCUT2D eigenvalue weighted by atomic mass is 9.82. The summed E-state index contributed by atoms with van der Waals surface area (Å²) in [6.07, 6.45) is 5.12. The molecule has 0 radical (unpaired) electrons. The number of urea groups is 1. The molecule has 10 nitrogen and oxygen atoms in total. The Morgan fingerprint density at radius 2 is 1.88 bits per heavy atom. The van der Waals surface area contributed by atoms with Crippen LogP contribution in [0.3, 0.4) is 0 Å². The first-order valence-corrected chi connectivity index (χ1v) is 12.4. The van der Waals surface area contributed by atoms with Crippen LogP contribution >= 0.6 is 0 Å². The van der Waals surface area contributed by atoms with Crippen LogP contribution in [0.2, 0.25) is 0 Å². The third-order valence-electron chi connectivity index (χ3n) is 6.80. The molecule has 3 aliphatic heterocycles. The Labute approximate surface area is 186 Å². The van der Waals surface area contributed by atoms with Crippen LogP contribution in [0.4, 0.5) is 4.79 Å². The average molecular weight is 460 g/mol. The number of nitrogens with one attached hydrogen (secondary N) is 2. The van der Waals surface area contributed by atoms with Gasteiger partial charge in [0.1, 0.15) is 10.4 Å². The molecule has 0 bridgehead atoms. The third-order valence-corrected chi connectivity index (χ3v) is 8.12. The van der Waals surface area contributed by atoms with E-state index in [1.54, 1.807) is 23.1 Å². The molecule has 1 unspecified atom stereocenters. The minimum atomic E-state index is -3.75. The summed E-state index contributed by atoms with van der Waals surface area (Å²) >= 11 is 0. The van der Waals surface area contributed by atoms with Crippen LogP contribution in [0, 0.1) is 5.92 Å². The second-order valence-electron chi connectivity index (χ2n) is 8.86. The van der Waals surface area contributed by atoms with Crippen molar-refractivity contribution < 1.29 is 22.8 Å². The van der Waals surface area contributed by atoms with E-state index in [2.05, 4.69) is 15.1 Å². The highest BCUT2D eigenvalue weighted by molar-refractivity contribution is 7.90. The summed E-state index contributed by atoms with van der Waals surface area (Å²) in [7, 11) is -3.75. The van der Waals surface area contributed by atoms with Crippen molar-refractivity contribution >= 4 is 33.7 Å². The van der Waals surface area contributed by atoms with Gasteiger partial charge in [-0.15, -0.1) is 4.40 Å². The van der Waals surface area contributed by atoms with E-state index in [-0.39, 0.29) is 11.4 Å². The molecule has 3 fully saturated rings. The van der Waals surface area contributed by atoms with E-state index in [1.165, 1.54) is 6.07 Å². The van der Waals surface area contributed by atoms with E-state index in [9.17, 15) is 22.8 Å². The van der Waals surface area contributed by atoms with Gasteiger partial charge in [0.05, 0.1) is 5.92 Å². The predicted octanol–water partition coefficient (Wildman–Crippen LogP) is 1.13. The van der Waals surface area contributed by atoms with Crippen molar-refractivity contribution in [1.82, 2.24) is 20.7 Å². The van der Waals surface area contributed by atoms with Crippen LogP contribution in [0.15, 0.2) is 33.6 Å². The number of likely N-dealkylation sites (tertiary alicyclic amines) is 1. The fraction of sp³-hybridized carbons (Fsp3) is 0.524. The van der Waals surface area contributed by atoms with Crippen molar-refractivity contribution in [3.63, 3.8) is 0 Å². The summed E-state index contributed by atoms with van der Waals surface area (Å²) in [6.45, 7) is 0.821. The molecule has 3 heterocycles. The fourth-order valence-corrected chi connectivity index (χ4v) is 6.35. The number of benzene rings is 1. The van der Waals surface area contributed by atoms with Crippen LogP contribution in [0.25, 0.3) is 0 Å². The Bertz CT molecular complexity index is 1130. The van der Waals surface area contributed by atoms with E-state index in [0.717, 1.165) is 24.3 Å². The van der Waals surface area contributed by atoms with Gasteiger partial charge in [-0.05, 0) is 37.8 Å². The maximum absolute atomic E-state index is 13.0.